The van der Waals surface area contributed by atoms with Crippen LogP contribution in [0.15, 0.2) is 24.5 Å². The molecule has 0 aliphatic carbocycles. The Morgan fingerprint density at radius 1 is 1.15 bits per heavy atom. The quantitative estimate of drug-likeness (QED) is 0.781. The van der Waals surface area contributed by atoms with Gasteiger partial charge in [0.15, 0.2) is 0 Å². The maximum absolute atomic E-state index is 6.07. The fraction of sp³-hybridized carbons (Fsp3) is 0.500. The van der Waals surface area contributed by atoms with Crippen molar-refractivity contribution in [3.63, 3.8) is 0 Å². The molecule has 3 heterocycles. The lowest BCUT2D eigenvalue weighted by molar-refractivity contribution is 0.00578. The standard InChI is InChI=1S/C14H19BN2O3/c1-13(2)14(3,4)20-15(19-13)11-8-16-17-9-10(18-5)6-7-12(11)17/h6-9H,1-5H3. The molecule has 2 aromatic rings. The monoisotopic (exact) mass is 274 g/mol. The Hall–Kier alpha value is -1.53. The number of rotatable bonds is 2. The van der Waals surface area contributed by atoms with E-state index in [0.717, 1.165) is 16.7 Å². The SMILES string of the molecule is COc1ccc2c(B3OC(C)(C)C(C)(C)O3)cnn2c1. The Labute approximate surface area is 119 Å². The number of nitrogens with zero attached hydrogens (tertiary/aromatic N) is 2. The van der Waals surface area contributed by atoms with Gasteiger partial charge in [0.25, 0.3) is 0 Å². The van der Waals surface area contributed by atoms with Crippen LogP contribution in [-0.2, 0) is 9.31 Å². The summed E-state index contributed by atoms with van der Waals surface area (Å²) >= 11 is 0. The number of ether oxygens (including phenoxy) is 1. The second-order valence-electron chi connectivity index (χ2n) is 6.09. The highest BCUT2D eigenvalue weighted by molar-refractivity contribution is 6.64. The zero-order valence-corrected chi connectivity index (χ0v) is 12.5. The van der Waals surface area contributed by atoms with Gasteiger partial charge in [-0.05, 0) is 39.8 Å². The minimum atomic E-state index is -0.397. The highest BCUT2D eigenvalue weighted by Gasteiger charge is 2.52. The van der Waals surface area contributed by atoms with Gasteiger partial charge < -0.3 is 14.0 Å². The first kappa shape index (κ1) is 13.5. The van der Waals surface area contributed by atoms with Crippen molar-refractivity contribution in [3.8, 4) is 5.75 Å². The second kappa shape index (κ2) is 4.23. The maximum atomic E-state index is 6.07. The molecular weight excluding hydrogens is 255 g/mol. The van der Waals surface area contributed by atoms with E-state index in [1.54, 1.807) is 17.8 Å². The molecule has 0 N–H and O–H groups in total. The van der Waals surface area contributed by atoms with Gasteiger partial charge in [0, 0.05) is 11.7 Å². The van der Waals surface area contributed by atoms with Crippen LogP contribution in [-0.4, -0.2) is 35.0 Å². The number of hydrogen-bond donors (Lipinski definition) is 0. The molecule has 1 aliphatic heterocycles. The first-order chi connectivity index (χ1) is 9.34. The number of fused-ring (bicyclic) bond motifs is 1. The first-order valence-corrected chi connectivity index (χ1v) is 6.71. The van der Waals surface area contributed by atoms with Crippen molar-refractivity contribution >= 4 is 18.1 Å². The van der Waals surface area contributed by atoms with E-state index in [9.17, 15) is 0 Å². The third kappa shape index (κ3) is 1.91. The van der Waals surface area contributed by atoms with Crippen LogP contribution >= 0.6 is 0 Å². The molecule has 1 saturated heterocycles. The number of methoxy groups -OCH3 is 1. The molecule has 0 radical (unpaired) electrons. The van der Waals surface area contributed by atoms with E-state index < -0.39 is 7.12 Å². The van der Waals surface area contributed by atoms with Gasteiger partial charge in [-0.3, -0.25) is 0 Å². The second-order valence-corrected chi connectivity index (χ2v) is 6.09. The summed E-state index contributed by atoms with van der Waals surface area (Å²) in [6.07, 6.45) is 3.63. The Kier molecular flexibility index (Phi) is 2.85. The summed E-state index contributed by atoms with van der Waals surface area (Å²) in [7, 11) is 1.24. The van der Waals surface area contributed by atoms with E-state index in [-0.39, 0.29) is 11.2 Å². The van der Waals surface area contributed by atoms with Crippen molar-refractivity contribution in [1.29, 1.82) is 0 Å². The van der Waals surface area contributed by atoms with Gasteiger partial charge in [0.05, 0.1) is 30.0 Å². The molecule has 106 valence electrons. The van der Waals surface area contributed by atoms with E-state index in [1.165, 1.54) is 0 Å². The molecule has 0 atom stereocenters. The summed E-state index contributed by atoms with van der Waals surface area (Å²) < 4.78 is 19.1. The largest absolute Gasteiger partial charge is 0.498 e. The topological polar surface area (TPSA) is 45.0 Å². The highest BCUT2D eigenvalue weighted by atomic mass is 16.7. The third-order valence-electron chi connectivity index (χ3n) is 4.26. The summed E-state index contributed by atoms with van der Waals surface area (Å²) in [5, 5.41) is 4.34. The Bertz CT molecular complexity index is 635. The zero-order chi connectivity index (χ0) is 14.5. The molecule has 5 nitrogen and oxygen atoms in total. The zero-order valence-electron chi connectivity index (χ0n) is 12.5. The molecule has 0 aromatic carbocycles. The van der Waals surface area contributed by atoms with Gasteiger partial charge >= 0.3 is 7.12 Å². The van der Waals surface area contributed by atoms with E-state index in [0.29, 0.717) is 0 Å². The van der Waals surface area contributed by atoms with Crippen molar-refractivity contribution in [1.82, 2.24) is 9.61 Å². The average molecular weight is 274 g/mol. The number of pyridine rings is 1. The van der Waals surface area contributed by atoms with Crippen LogP contribution < -0.4 is 10.2 Å². The fourth-order valence-electron chi connectivity index (χ4n) is 2.26. The molecule has 0 saturated carbocycles. The molecule has 2 aromatic heterocycles. The van der Waals surface area contributed by atoms with Crippen molar-refractivity contribution in [2.24, 2.45) is 0 Å². The Balaban J connectivity index is 2.00. The molecule has 1 fully saturated rings. The van der Waals surface area contributed by atoms with E-state index in [4.69, 9.17) is 14.0 Å². The lowest BCUT2D eigenvalue weighted by Crippen LogP contribution is -2.41. The Morgan fingerprint density at radius 3 is 2.40 bits per heavy atom. The van der Waals surface area contributed by atoms with Crippen LogP contribution in [0.1, 0.15) is 27.7 Å². The van der Waals surface area contributed by atoms with Gasteiger partial charge in [-0.2, -0.15) is 5.10 Å². The molecular formula is C14H19BN2O3. The van der Waals surface area contributed by atoms with Gasteiger partial charge in [0.1, 0.15) is 5.75 Å². The smallest absolute Gasteiger partial charge is 0.495 e. The molecule has 0 unspecified atom stereocenters. The molecule has 3 rings (SSSR count). The number of aromatic nitrogens is 2. The molecule has 6 heteroatoms. The lowest BCUT2D eigenvalue weighted by atomic mass is 9.80. The third-order valence-corrected chi connectivity index (χ3v) is 4.26. The van der Waals surface area contributed by atoms with Crippen molar-refractivity contribution in [2.75, 3.05) is 7.11 Å². The number of hydrogen-bond acceptors (Lipinski definition) is 4. The van der Waals surface area contributed by atoms with Gasteiger partial charge in [-0.1, -0.05) is 0 Å². The van der Waals surface area contributed by atoms with Crippen molar-refractivity contribution < 1.29 is 14.0 Å². The van der Waals surface area contributed by atoms with E-state index in [1.807, 2.05) is 46.0 Å². The molecule has 0 spiro atoms. The normalized spacial score (nSPS) is 20.6. The molecule has 0 amide bonds. The maximum Gasteiger partial charge on any atom is 0.498 e. The van der Waals surface area contributed by atoms with Crippen molar-refractivity contribution in [3.05, 3.63) is 24.5 Å². The molecule has 20 heavy (non-hydrogen) atoms. The van der Waals surface area contributed by atoms with Crippen LogP contribution in [0.4, 0.5) is 0 Å². The van der Waals surface area contributed by atoms with Crippen LogP contribution in [0.25, 0.3) is 5.52 Å². The van der Waals surface area contributed by atoms with Gasteiger partial charge in [-0.25, -0.2) is 4.52 Å². The van der Waals surface area contributed by atoms with Gasteiger partial charge in [-0.15, -0.1) is 0 Å². The molecule has 0 bridgehead atoms. The fourth-order valence-corrected chi connectivity index (χ4v) is 2.26. The molecule has 1 aliphatic rings. The van der Waals surface area contributed by atoms with Crippen LogP contribution in [0.3, 0.4) is 0 Å². The minimum absolute atomic E-state index is 0.349. The average Bonchev–Trinajstić information content (AvgIpc) is 2.87. The highest BCUT2D eigenvalue weighted by Crippen LogP contribution is 2.36. The summed E-state index contributed by atoms with van der Waals surface area (Å²) in [5.41, 5.74) is 1.20. The van der Waals surface area contributed by atoms with E-state index in [2.05, 4.69) is 5.10 Å². The van der Waals surface area contributed by atoms with E-state index >= 15 is 0 Å². The lowest BCUT2D eigenvalue weighted by Gasteiger charge is -2.32. The predicted molar refractivity (Wildman–Crippen MR) is 77.5 cm³/mol. The first-order valence-electron chi connectivity index (χ1n) is 6.71. The summed E-state index contributed by atoms with van der Waals surface area (Å²) in [6, 6.07) is 3.87. The van der Waals surface area contributed by atoms with Crippen molar-refractivity contribution in [2.45, 2.75) is 38.9 Å². The summed E-state index contributed by atoms with van der Waals surface area (Å²) in [6.45, 7) is 8.17. The van der Waals surface area contributed by atoms with Crippen LogP contribution in [0.5, 0.6) is 5.75 Å². The summed E-state index contributed by atoms with van der Waals surface area (Å²) in [4.78, 5) is 0. The van der Waals surface area contributed by atoms with Crippen LogP contribution in [0.2, 0.25) is 0 Å². The van der Waals surface area contributed by atoms with Gasteiger partial charge in [0.2, 0.25) is 0 Å². The predicted octanol–water partition coefficient (Wildman–Crippen LogP) is 1.64. The van der Waals surface area contributed by atoms with Crippen LogP contribution in [0, 0.1) is 0 Å². The minimum Gasteiger partial charge on any atom is -0.495 e. The Morgan fingerprint density at radius 2 is 1.80 bits per heavy atom. The summed E-state index contributed by atoms with van der Waals surface area (Å²) in [5.74, 6) is 0.765.